The summed E-state index contributed by atoms with van der Waals surface area (Å²) in [6, 6.07) is 0. The lowest BCUT2D eigenvalue weighted by Gasteiger charge is -1.85. The van der Waals surface area contributed by atoms with Crippen LogP contribution in [0.4, 0.5) is 0 Å². The van der Waals surface area contributed by atoms with E-state index >= 15 is 0 Å². The van der Waals surface area contributed by atoms with Crippen LogP contribution >= 0.6 is 0 Å². The number of allylic oxidation sites excluding steroid dienone is 2. The average molecular weight is 138 g/mol. The Morgan fingerprint density at radius 1 is 1.60 bits per heavy atom. The van der Waals surface area contributed by atoms with E-state index < -0.39 is 0 Å². The van der Waals surface area contributed by atoms with E-state index in [2.05, 4.69) is 10.5 Å². The second-order valence-corrected chi connectivity index (χ2v) is 1.56. The highest BCUT2D eigenvalue weighted by Gasteiger charge is 1.81. The SMILES string of the molecule is CC=C=CC=COC(C)=O. The van der Waals surface area contributed by atoms with Crippen LogP contribution in [-0.4, -0.2) is 5.97 Å². The molecule has 0 aromatic rings. The second-order valence-electron chi connectivity index (χ2n) is 1.56. The van der Waals surface area contributed by atoms with Crippen molar-refractivity contribution in [2.24, 2.45) is 0 Å². The van der Waals surface area contributed by atoms with Gasteiger partial charge in [-0.3, -0.25) is 4.79 Å². The summed E-state index contributed by atoms with van der Waals surface area (Å²) in [7, 11) is 0. The van der Waals surface area contributed by atoms with Crippen LogP contribution in [0.3, 0.4) is 0 Å². The van der Waals surface area contributed by atoms with Crippen molar-refractivity contribution in [3.63, 3.8) is 0 Å². The van der Waals surface area contributed by atoms with Gasteiger partial charge in [-0.2, -0.15) is 0 Å². The minimum absolute atomic E-state index is 0.315. The maximum atomic E-state index is 10.2. The quantitative estimate of drug-likeness (QED) is 0.252. The van der Waals surface area contributed by atoms with Gasteiger partial charge >= 0.3 is 5.97 Å². The summed E-state index contributed by atoms with van der Waals surface area (Å²) in [5.41, 5.74) is 2.79. The highest BCUT2D eigenvalue weighted by molar-refractivity contribution is 5.66. The number of ether oxygens (including phenoxy) is 1. The van der Waals surface area contributed by atoms with Crippen molar-refractivity contribution < 1.29 is 9.53 Å². The molecular formula is C8H10O2. The maximum absolute atomic E-state index is 10.2. The molecule has 0 aliphatic heterocycles. The summed E-state index contributed by atoms with van der Waals surface area (Å²) < 4.78 is 4.48. The molecule has 10 heavy (non-hydrogen) atoms. The predicted molar refractivity (Wildman–Crippen MR) is 39.2 cm³/mol. The summed E-state index contributed by atoms with van der Waals surface area (Å²) >= 11 is 0. The number of hydrogen-bond donors (Lipinski definition) is 0. The van der Waals surface area contributed by atoms with Gasteiger partial charge in [-0.15, -0.1) is 5.73 Å². The molecule has 0 unspecified atom stereocenters. The van der Waals surface area contributed by atoms with Crippen LogP contribution in [-0.2, 0) is 9.53 Å². The fourth-order valence-corrected chi connectivity index (χ4v) is 0.326. The molecule has 0 fully saturated rings. The zero-order valence-corrected chi connectivity index (χ0v) is 6.13. The Labute approximate surface area is 60.5 Å². The smallest absolute Gasteiger partial charge is 0.307 e. The van der Waals surface area contributed by atoms with E-state index in [9.17, 15) is 4.79 Å². The minimum atomic E-state index is -0.315. The van der Waals surface area contributed by atoms with Crippen LogP contribution in [0.5, 0.6) is 0 Å². The summed E-state index contributed by atoms with van der Waals surface area (Å²) in [6.45, 7) is 3.21. The maximum Gasteiger partial charge on any atom is 0.307 e. The fourth-order valence-electron chi connectivity index (χ4n) is 0.326. The average Bonchev–Trinajstić information content (AvgIpc) is 1.87. The molecule has 0 saturated heterocycles. The summed E-state index contributed by atoms with van der Waals surface area (Å²) in [5.74, 6) is -0.315. The van der Waals surface area contributed by atoms with Crippen LogP contribution in [0, 0.1) is 0 Å². The van der Waals surface area contributed by atoms with Gasteiger partial charge in [0.1, 0.15) is 0 Å². The van der Waals surface area contributed by atoms with Gasteiger partial charge < -0.3 is 4.74 Å². The van der Waals surface area contributed by atoms with E-state index in [4.69, 9.17) is 0 Å². The molecule has 0 N–H and O–H groups in total. The van der Waals surface area contributed by atoms with Gasteiger partial charge in [0.25, 0.3) is 0 Å². The van der Waals surface area contributed by atoms with Crippen molar-refractivity contribution in [2.75, 3.05) is 0 Å². The van der Waals surface area contributed by atoms with Crippen molar-refractivity contribution in [2.45, 2.75) is 13.8 Å². The molecule has 54 valence electrons. The summed E-state index contributed by atoms with van der Waals surface area (Å²) in [4.78, 5) is 10.2. The first-order chi connectivity index (χ1) is 4.77. The lowest BCUT2D eigenvalue weighted by Crippen LogP contribution is -1.88. The highest BCUT2D eigenvalue weighted by Crippen LogP contribution is 1.79. The topological polar surface area (TPSA) is 26.3 Å². The van der Waals surface area contributed by atoms with Crippen molar-refractivity contribution in [3.05, 3.63) is 30.2 Å². The standard InChI is InChI=1S/C8H10O2/c1-3-4-5-6-7-10-8(2)9/h3,5-7H,1-2H3. The van der Waals surface area contributed by atoms with Crippen molar-refractivity contribution in [1.82, 2.24) is 0 Å². The van der Waals surface area contributed by atoms with Crippen molar-refractivity contribution in [1.29, 1.82) is 0 Å². The van der Waals surface area contributed by atoms with Crippen LogP contribution < -0.4 is 0 Å². The monoisotopic (exact) mass is 138 g/mol. The Morgan fingerprint density at radius 3 is 2.80 bits per heavy atom. The fraction of sp³-hybridized carbons (Fsp3) is 0.250. The van der Waals surface area contributed by atoms with E-state index in [-0.39, 0.29) is 5.97 Å². The van der Waals surface area contributed by atoms with Gasteiger partial charge in [-0.1, -0.05) is 0 Å². The van der Waals surface area contributed by atoms with Crippen LogP contribution in [0.2, 0.25) is 0 Å². The Balaban J connectivity index is 3.57. The largest absolute Gasteiger partial charge is 0.435 e. The van der Waals surface area contributed by atoms with Gasteiger partial charge in [-0.25, -0.2) is 0 Å². The molecule has 0 amide bonds. The van der Waals surface area contributed by atoms with Gasteiger partial charge in [0.2, 0.25) is 0 Å². The third kappa shape index (κ3) is 6.73. The number of carbonyl (C=O) groups excluding carboxylic acids is 1. The predicted octanol–water partition coefficient (Wildman–Crippen LogP) is 1.79. The van der Waals surface area contributed by atoms with E-state index in [1.54, 1.807) is 18.2 Å². The Hall–Kier alpha value is -1.27. The molecule has 0 rings (SSSR count). The summed E-state index contributed by atoms with van der Waals surface area (Å²) in [6.07, 6.45) is 6.33. The summed E-state index contributed by atoms with van der Waals surface area (Å²) in [5, 5.41) is 0. The first-order valence-electron chi connectivity index (χ1n) is 2.97. The molecule has 0 aliphatic carbocycles. The van der Waals surface area contributed by atoms with Gasteiger partial charge in [0.15, 0.2) is 0 Å². The lowest BCUT2D eigenvalue weighted by atomic mass is 10.5. The normalized spacial score (nSPS) is 8.60. The second kappa shape index (κ2) is 5.86. The first-order valence-corrected chi connectivity index (χ1v) is 2.97. The molecule has 0 radical (unpaired) electrons. The molecule has 0 atom stereocenters. The zero-order valence-electron chi connectivity index (χ0n) is 6.13. The third-order valence-electron chi connectivity index (χ3n) is 0.672. The van der Waals surface area contributed by atoms with Gasteiger partial charge in [-0.05, 0) is 25.2 Å². The van der Waals surface area contributed by atoms with E-state index in [1.807, 2.05) is 6.92 Å². The van der Waals surface area contributed by atoms with E-state index in [0.29, 0.717) is 0 Å². The molecule has 2 nitrogen and oxygen atoms in total. The number of rotatable bonds is 2. The van der Waals surface area contributed by atoms with Gasteiger partial charge in [0.05, 0.1) is 6.26 Å². The number of carbonyl (C=O) groups is 1. The lowest BCUT2D eigenvalue weighted by molar-refractivity contribution is -0.135. The minimum Gasteiger partial charge on any atom is -0.435 e. The van der Waals surface area contributed by atoms with Crippen LogP contribution in [0.15, 0.2) is 30.2 Å². The van der Waals surface area contributed by atoms with Crippen LogP contribution in [0.25, 0.3) is 0 Å². The first kappa shape index (κ1) is 8.73. The highest BCUT2D eigenvalue weighted by atomic mass is 16.5. The molecule has 0 heterocycles. The van der Waals surface area contributed by atoms with Gasteiger partial charge in [0, 0.05) is 6.92 Å². The number of esters is 1. The zero-order chi connectivity index (χ0) is 7.82. The number of hydrogen-bond acceptors (Lipinski definition) is 2. The molecule has 0 aromatic heterocycles. The van der Waals surface area contributed by atoms with Crippen molar-refractivity contribution in [3.8, 4) is 0 Å². The molecule has 0 aliphatic rings. The Bertz CT molecular complexity index is 183. The third-order valence-corrected chi connectivity index (χ3v) is 0.672. The Kier molecular flexibility index (Phi) is 5.12. The molecule has 0 aromatic carbocycles. The Morgan fingerprint density at radius 2 is 2.30 bits per heavy atom. The molecule has 2 heteroatoms. The van der Waals surface area contributed by atoms with E-state index in [1.165, 1.54) is 13.2 Å². The van der Waals surface area contributed by atoms with E-state index in [0.717, 1.165) is 0 Å². The van der Waals surface area contributed by atoms with Crippen LogP contribution in [0.1, 0.15) is 13.8 Å². The van der Waals surface area contributed by atoms with Crippen molar-refractivity contribution >= 4 is 5.97 Å². The molecule has 0 spiro atoms. The molecule has 0 saturated carbocycles. The molecular weight excluding hydrogens is 128 g/mol. The molecule has 0 bridgehead atoms.